The molecule has 3 aromatic carbocycles. The van der Waals surface area contributed by atoms with Crippen molar-refractivity contribution in [1.82, 2.24) is 14.9 Å². The molecule has 0 atom stereocenters. The first-order valence-electron chi connectivity index (χ1n) is 13.4. The maximum absolute atomic E-state index is 12.7. The number of methoxy groups -OCH3 is 1. The van der Waals surface area contributed by atoms with E-state index in [2.05, 4.69) is 37.0 Å². The zero-order chi connectivity index (χ0) is 28.1. The summed E-state index contributed by atoms with van der Waals surface area (Å²) in [7, 11) is 1.72. The second-order valence-corrected chi connectivity index (χ2v) is 10.4. The number of piperazine rings is 1. The Morgan fingerprint density at radius 3 is 2.38 bits per heavy atom. The summed E-state index contributed by atoms with van der Waals surface area (Å²) < 4.78 is 7.66. The van der Waals surface area contributed by atoms with E-state index in [1.165, 1.54) is 5.56 Å². The summed E-state index contributed by atoms with van der Waals surface area (Å²) in [6.07, 6.45) is 1.69. The van der Waals surface area contributed by atoms with E-state index in [4.69, 9.17) is 16.3 Å². The van der Waals surface area contributed by atoms with Crippen molar-refractivity contribution >= 4 is 29.4 Å². The molecular formula is C32H34ClN5O2. The van der Waals surface area contributed by atoms with E-state index in [1.807, 2.05) is 80.6 Å². The van der Waals surface area contributed by atoms with Gasteiger partial charge in [0.2, 0.25) is 0 Å². The number of hydrogen-bond acceptors (Lipinski definition) is 5. The van der Waals surface area contributed by atoms with Crippen molar-refractivity contribution in [3.8, 4) is 11.4 Å². The molecule has 1 aliphatic heterocycles. The Hall–Kier alpha value is -4.07. The third kappa shape index (κ3) is 6.22. The van der Waals surface area contributed by atoms with E-state index in [9.17, 15) is 4.79 Å². The predicted molar refractivity (Wildman–Crippen MR) is 162 cm³/mol. The maximum atomic E-state index is 12.7. The van der Waals surface area contributed by atoms with Crippen LogP contribution in [0.25, 0.3) is 5.69 Å². The average Bonchev–Trinajstić information content (AvgIpc) is 3.26. The molecule has 1 fully saturated rings. The van der Waals surface area contributed by atoms with Gasteiger partial charge in [-0.1, -0.05) is 35.9 Å². The number of nitrogens with one attached hydrogen (secondary N) is 1. The Kier molecular flexibility index (Phi) is 8.53. The number of carbonyl (C=O) groups is 1. The summed E-state index contributed by atoms with van der Waals surface area (Å²) in [5.41, 5.74) is 9.64. The van der Waals surface area contributed by atoms with Gasteiger partial charge in [-0.25, -0.2) is 5.43 Å². The molecule has 0 bridgehead atoms. The normalized spacial score (nSPS) is 14.1. The predicted octanol–water partition coefficient (Wildman–Crippen LogP) is 5.84. The van der Waals surface area contributed by atoms with Crippen LogP contribution in [0.4, 0.5) is 5.69 Å². The second kappa shape index (κ2) is 12.4. The molecule has 0 spiro atoms. The number of aryl methyl sites for hydroxylation is 1. The molecule has 206 valence electrons. The minimum Gasteiger partial charge on any atom is -0.495 e. The fourth-order valence-electron chi connectivity index (χ4n) is 5.19. The van der Waals surface area contributed by atoms with Crippen LogP contribution in [0.15, 0.2) is 84.0 Å². The fraction of sp³-hybridized carbons (Fsp3) is 0.250. The number of anilines is 1. The topological polar surface area (TPSA) is 62.1 Å². The molecule has 1 N–H and O–H groups in total. The summed E-state index contributed by atoms with van der Waals surface area (Å²) >= 11 is 6.04. The van der Waals surface area contributed by atoms with E-state index in [1.54, 1.807) is 13.3 Å². The van der Waals surface area contributed by atoms with Gasteiger partial charge in [0.25, 0.3) is 5.91 Å². The monoisotopic (exact) mass is 555 g/mol. The summed E-state index contributed by atoms with van der Waals surface area (Å²) in [6.45, 7) is 8.74. The van der Waals surface area contributed by atoms with Crippen LogP contribution >= 0.6 is 11.6 Å². The van der Waals surface area contributed by atoms with Crippen LogP contribution in [0, 0.1) is 13.8 Å². The second-order valence-electron chi connectivity index (χ2n) is 9.97. The number of benzene rings is 3. The standard InChI is InChI=1S/C32H34ClN5O2/c1-23-20-27(24(2)38(23)29-14-12-28(33)13-15-29)21-34-35-32(39)26-10-8-25(9-11-26)22-36-16-18-37(19-17-36)30-6-4-5-7-31(30)40-3/h4-15,20-21H,16-19,22H2,1-3H3,(H,35,39)/b34-21+. The minimum atomic E-state index is -0.236. The van der Waals surface area contributed by atoms with Gasteiger partial charge in [-0.3, -0.25) is 9.69 Å². The van der Waals surface area contributed by atoms with Gasteiger partial charge in [-0.15, -0.1) is 0 Å². The van der Waals surface area contributed by atoms with Crippen LogP contribution in [-0.4, -0.2) is 54.9 Å². The number of para-hydroxylation sites is 2. The molecule has 7 nitrogen and oxygen atoms in total. The lowest BCUT2D eigenvalue weighted by Gasteiger charge is -2.36. The Balaban J connectivity index is 1.14. The van der Waals surface area contributed by atoms with E-state index in [0.29, 0.717) is 10.6 Å². The van der Waals surface area contributed by atoms with Crippen LogP contribution in [0.1, 0.15) is 32.9 Å². The maximum Gasteiger partial charge on any atom is 0.271 e. The molecule has 4 aromatic rings. The number of rotatable bonds is 8. The van der Waals surface area contributed by atoms with E-state index in [0.717, 1.165) is 66.8 Å². The zero-order valence-corrected chi connectivity index (χ0v) is 23.9. The van der Waals surface area contributed by atoms with Crippen molar-refractivity contribution in [2.75, 3.05) is 38.2 Å². The Morgan fingerprint density at radius 1 is 0.975 bits per heavy atom. The SMILES string of the molecule is COc1ccccc1N1CCN(Cc2ccc(C(=O)N/N=C/c3cc(C)n(-c4ccc(Cl)cc4)c3C)cc2)CC1. The lowest BCUT2D eigenvalue weighted by atomic mass is 10.1. The highest BCUT2D eigenvalue weighted by atomic mass is 35.5. The van der Waals surface area contributed by atoms with Gasteiger partial charge < -0.3 is 14.2 Å². The third-order valence-corrected chi connectivity index (χ3v) is 7.60. The lowest BCUT2D eigenvalue weighted by molar-refractivity contribution is 0.0955. The van der Waals surface area contributed by atoms with Crippen LogP contribution in [0.3, 0.4) is 0 Å². The number of amides is 1. The molecular weight excluding hydrogens is 522 g/mol. The van der Waals surface area contributed by atoms with Gasteiger partial charge in [0, 0.05) is 65.9 Å². The highest BCUT2D eigenvalue weighted by Crippen LogP contribution is 2.28. The van der Waals surface area contributed by atoms with Gasteiger partial charge in [0.15, 0.2) is 0 Å². The first kappa shape index (κ1) is 27.5. The summed E-state index contributed by atoms with van der Waals surface area (Å²) in [4.78, 5) is 17.5. The van der Waals surface area contributed by atoms with Gasteiger partial charge >= 0.3 is 0 Å². The fourth-order valence-corrected chi connectivity index (χ4v) is 5.31. The van der Waals surface area contributed by atoms with Crippen molar-refractivity contribution in [2.24, 2.45) is 5.10 Å². The van der Waals surface area contributed by atoms with Gasteiger partial charge in [-0.05, 0) is 74.0 Å². The first-order chi connectivity index (χ1) is 19.4. The number of carbonyl (C=O) groups excluding carboxylic acids is 1. The minimum absolute atomic E-state index is 0.236. The van der Waals surface area contributed by atoms with E-state index < -0.39 is 0 Å². The molecule has 40 heavy (non-hydrogen) atoms. The Bertz CT molecular complexity index is 1490. The number of aromatic nitrogens is 1. The molecule has 0 unspecified atom stereocenters. The zero-order valence-electron chi connectivity index (χ0n) is 23.1. The number of ether oxygens (including phenoxy) is 1. The van der Waals surface area contributed by atoms with Crippen molar-refractivity contribution < 1.29 is 9.53 Å². The largest absolute Gasteiger partial charge is 0.495 e. The molecule has 0 saturated carbocycles. The van der Waals surface area contributed by atoms with Crippen molar-refractivity contribution in [3.63, 3.8) is 0 Å². The number of halogens is 1. The van der Waals surface area contributed by atoms with Crippen molar-refractivity contribution in [2.45, 2.75) is 20.4 Å². The van der Waals surface area contributed by atoms with Gasteiger partial charge in [0.05, 0.1) is 19.0 Å². The van der Waals surface area contributed by atoms with Gasteiger partial charge in [-0.2, -0.15) is 5.10 Å². The number of hydrogen-bond donors (Lipinski definition) is 1. The molecule has 0 radical (unpaired) electrons. The molecule has 2 heterocycles. The summed E-state index contributed by atoms with van der Waals surface area (Å²) in [6, 6.07) is 25.7. The lowest BCUT2D eigenvalue weighted by Crippen LogP contribution is -2.46. The molecule has 8 heteroatoms. The van der Waals surface area contributed by atoms with Crippen LogP contribution < -0.4 is 15.1 Å². The number of hydrazone groups is 1. The molecule has 1 amide bonds. The summed E-state index contributed by atoms with van der Waals surface area (Å²) in [5.74, 6) is 0.676. The summed E-state index contributed by atoms with van der Waals surface area (Å²) in [5, 5.41) is 4.92. The Morgan fingerprint density at radius 2 is 1.68 bits per heavy atom. The molecule has 1 aliphatic rings. The highest BCUT2D eigenvalue weighted by molar-refractivity contribution is 6.30. The van der Waals surface area contributed by atoms with Crippen molar-refractivity contribution in [3.05, 3.63) is 112 Å². The highest BCUT2D eigenvalue weighted by Gasteiger charge is 2.19. The smallest absolute Gasteiger partial charge is 0.271 e. The van der Waals surface area contributed by atoms with Crippen molar-refractivity contribution in [1.29, 1.82) is 0 Å². The van der Waals surface area contributed by atoms with Gasteiger partial charge in [0.1, 0.15) is 5.75 Å². The van der Waals surface area contributed by atoms with Crippen LogP contribution in [0.2, 0.25) is 5.02 Å². The first-order valence-corrected chi connectivity index (χ1v) is 13.8. The molecule has 5 rings (SSSR count). The molecule has 0 aliphatic carbocycles. The van der Waals surface area contributed by atoms with E-state index >= 15 is 0 Å². The quantitative estimate of drug-likeness (QED) is 0.219. The molecule has 1 aromatic heterocycles. The number of nitrogens with zero attached hydrogens (tertiary/aromatic N) is 4. The third-order valence-electron chi connectivity index (χ3n) is 7.35. The Labute approximate surface area is 240 Å². The van der Waals surface area contributed by atoms with Crippen LogP contribution in [-0.2, 0) is 6.54 Å². The average molecular weight is 556 g/mol. The van der Waals surface area contributed by atoms with Crippen LogP contribution in [0.5, 0.6) is 5.75 Å². The van der Waals surface area contributed by atoms with E-state index in [-0.39, 0.29) is 5.91 Å². The molecule has 1 saturated heterocycles.